The molecule has 1 heterocycles. The molecule has 1 N–H and O–H groups in total. The molecule has 0 amide bonds. The average molecular weight is 325 g/mol. The van der Waals surface area contributed by atoms with Gasteiger partial charge in [0, 0.05) is 18.8 Å². The Balaban J connectivity index is 2.23. The Hall–Kier alpha value is -2.06. The topological polar surface area (TPSA) is 82.5 Å². The van der Waals surface area contributed by atoms with E-state index in [4.69, 9.17) is 9.47 Å². The van der Waals surface area contributed by atoms with Crippen LogP contribution in [0.3, 0.4) is 0 Å². The lowest BCUT2D eigenvalue weighted by molar-refractivity contribution is 0.386. The van der Waals surface area contributed by atoms with E-state index < -0.39 is 10.0 Å². The van der Waals surface area contributed by atoms with Crippen LogP contribution in [-0.2, 0) is 23.1 Å². The maximum absolute atomic E-state index is 12.4. The Morgan fingerprint density at radius 3 is 2.64 bits per heavy atom. The third kappa shape index (κ3) is 3.40. The normalized spacial score (nSPS) is 11.4. The molecule has 22 heavy (non-hydrogen) atoms. The smallest absolute Gasteiger partial charge is 0.244 e. The number of rotatable bonds is 7. The van der Waals surface area contributed by atoms with Gasteiger partial charge in [0.1, 0.15) is 16.4 Å². The van der Waals surface area contributed by atoms with Crippen LogP contribution >= 0.6 is 0 Å². The maximum Gasteiger partial charge on any atom is 0.244 e. The van der Waals surface area contributed by atoms with E-state index in [1.807, 2.05) is 6.92 Å². The third-order valence-electron chi connectivity index (χ3n) is 3.21. The fourth-order valence-corrected chi connectivity index (χ4v) is 3.19. The summed E-state index contributed by atoms with van der Waals surface area (Å²) in [5, 5.41) is 4.11. The van der Waals surface area contributed by atoms with Gasteiger partial charge in [0.05, 0.1) is 26.5 Å². The zero-order chi connectivity index (χ0) is 16.2. The highest BCUT2D eigenvalue weighted by molar-refractivity contribution is 7.89. The van der Waals surface area contributed by atoms with Crippen LogP contribution in [0.25, 0.3) is 0 Å². The summed E-state index contributed by atoms with van der Waals surface area (Å²) in [6.07, 6.45) is 1.64. The van der Waals surface area contributed by atoms with E-state index in [0.717, 1.165) is 5.69 Å². The lowest BCUT2D eigenvalue weighted by atomic mass is 10.3. The van der Waals surface area contributed by atoms with Crippen molar-refractivity contribution in [1.29, 1.82) is 0 Å². The first kappa shape index (κ1) is 16.3. The first-order valence-electron chi connectivity index (χ1n) is 6.74. The molecule has 7 nitrogen and oxygen atoms in total. The van der Waals surface area contributed by atoms with Crippen LogP contribution < -0.4 is 14.2 Å². The number of methoxy groups -OCH3 is 2. The SMILES string of the molecule is CCn1nccc1CNS(=O)(=O)c1ccc(OC)cc1OC. The predicted molar refractivity (Wildman–Crippen MR) is 81.5 cm³/mol. The molecule has 0 radical (unpaired) electrons. The minimum absolute atomic E-state index is 0.0679. The molecule has 0 unspecified atom stereocenters. The summed E-state index contributed by atoms with van der Waals surface area (Å²) in [7, 11) is -0.777. The second-order valence-electron chi connectivity index (χ2n) is 4.48. The summed E-state index contributed by atoms with van der Waals surface area (Å²) in [6.45, 7) is 2.78. The standard InChI is InChI=1S/C14H19N3O4S/c1-4-17-11(7-8-15-17)10-16-22(18,19)14-6-5-12(20-2)9-13(14)21-3/h5-9,16H,4,10H2,1-3H3. The van der Waals surface area contributed by atoms with Crippen molar-refractivity contribution in [3.8, 4) is 11.5 Å². The molecule has 2 aromatic rings. The molecule has 0 aliphatic rings. The molecule has 120 valence electrons. The van der Waals surface area contributed by atoms with Crippen LogP contribution in [0.2, 0.25) is 0 Å². The van der Waals surface area contributed by atoms with Gasteiger partial charge in [0.15, 0.2) is 0 Å². The summed E-state index contributed by atoms with van der Waals surface area (Å²) in [5.41, 5.74) is 0.790. The molecule has 0 saturated carbocycles. The molecule has 0 aliphatic carbocycles. The number of nitrogens with zero attached hydrogens (tertiary/aromatic N) is 2. The van der Waals surface area contributed by atoms with Gasteiger partial charge in [-0.1, -0.05) is 0 Å². The van der Waals surface area contributed by atoms with E-state index >= 15 is 0 Å². The van der Waals surface area contributed by atoms with Crippen molar-refractivity contribution in [2.75, 3.05) is 14.2 Å². The van der Waals surface area contributed by atoms with Gasteiger partial charge in [-0.25, -0.2) is 13.1 Å². The van der Waals surface area contributed by atoms with E-state index in [-0.39, 0.29) is 17.2 Å². The van der Waals surface area contributed by atoms with Crippen molar-refractivity contribution < 1.29 is 17.9 Å². The van der Waals surface area contributed by atoms with Crippen LogP contribution in [0, 0.1) is 0 Å². The van der Waals surface area contributed by atoms with Crippen molar-refractivity contribution in [2.24, 2.45) is 0 Å². The summed E-state index contributed by atoms with van der Waals surface area (Å²) < 4.78 is 39.4. The first-order chi connectivity index (χ1) is 10.5. The molecule has 1 aromatic carbocycles. The van der Waals surface area contributed by atoms with Crippen LogP contribution in [0.4, 0.5) is 0 Å². The Morgan fingerprint density at radius 2 is 2.00 bits per heavy atom. The fraction of sp³-hybridized carbons (Fsp3) is 0.357. The number of nitrogens with one attached hydrogen (secondary N) is 1. The number of sulfonamides is 1. The Labute approximate surface area is 129 Å². The predicted octanol–water partition coefficient (Wildman–Crippen LogP) is 1.40. The lowest BCUT2D eigenvalue weighted by Gasteiger charge is -2.12. The van der Waals surface area contributed by atoms with Gasteiger partial charge in [0.25, 0.3) is 0 Å². The van der Waals surface area contributed by atoms with Gasteiger partial charge in [0.2, 0.25) is 10.0 Å². The molecule has 0 fully saturated rings. The summed E-state index contributed by atoms with van der Waals surface area (Å²) in [4.78, 5) is 0.0679. The van der Waals surface area contributed by atoms with Crippen molar-refractivity contribution in [3.05, 3.63) is 36.2 Å². The highest BCUT2D eigenvalue weighted by Gasteiger charge is 2.20. The third-order valence-corrected chi connectivity index (χ3v) is 4.65. The van der Waals surface area contributed by atoms with Gasteiger partial charge in [-0.05, 0) is 25.1 Å². The zero-order valence-corrected chi connectivity index (χ0v) is 13.6. The van der Waals surface area contributed by atoms with Crippen molar-refractivity contribution in [1.82, 2.24) is 14.5 Å². The van der Waals surface area contributed by atoms with E-state index in [1.165, 1.54) is 26.4 Å². The van der Waals surface area contributed by atoms with Crippen LogP contribution in [-0.4, -0.2) is 32.4 Å². The van der Waals surface area contributed by atoms with E-state index in [1.54, 1.807) is 23.0 Å². The Kier molecular flexibility index (Phi) is 5.04. The monoisotopic (exact) mass is 325 g/mol. The minimum atomic E-state index is -3.70. The quantitative estimate of drug-likeness (QED) is 0.832. The molecule has 0 saturated heterocycles. The van der Waals surface area contributed by atoms with Crippen LogP contribution in [0.5, 0.6) is 11.5 Å². The number of ether oxygens (including phenoxy) is 2. The van der Waals surface area contributed by atoms with Gasteiger partial charge < -0.3 is 9.47 Å². The van der Waals surface area contributed by atoms with Gasteiger partial charge in [-0.15, -0.1) is 0 Å². The molecular formula is C14H19N3O4S. The summed E-state index contributed by atoms with van der Waals surface area (Å²) in [6, 6.07) is 6.34. The Bertz CT molecular complexity index is 740. The molecule has 2 rings (SSSR count). The second kappa shape index (κ2) is 6.80. The fourth-order valence-electron chi connectivity index (χ4n) is 2.04. The van der Waals surface area contributed by atoms with Crippen LogP contribution in [0.15, 0.2) is 35.4 Å². The van der Waals surface area contributed by atoms with Gasteiger partial charge in [-0.3, -0.25) is 4.68 Å². The minimum Gasteiger partial charge on any atom is -0.497 e. The molecule has 0 bridgehead atoms. The Morgan fingerprint density at radius 1 is 1.23 bits per heavy atom. The van der Waals surface area contributed by atoms with Crippen molar-refractivity contribution in [2.45, 2.75) is 24.9 Å². The maximum atomic E-state index is 12.4. The molecular weight excluding hydrogens is 306 g/mol. The number of benzene rings is 1. The number of hydrogen-bond donors (Lipinski definition) is 1. The molecule has 0 atom stereocenters. The summed E-state index contributed by atoms with van der Waals surface area (Å²) in [5.74, 6) is 0.760. The lowest BCUT2D eigenvalue weighted by Crippen LogP contribution is -2.25. The molecule has 8 heteroatoms. The van der Waals surface area contributed by atoms with Crippen LogP contribution in [0.1, 0.15) is 12.6 Å². The van der Waals surface area contributed by atoms with E-state index in [0.29, 0.717) is 12.3 Å². The molecule has 0 aliphatic heterocycles. The number of aryl methyl sites for hydroxylation is 1. The van der Waals surface area contributed by atoms with Crippen molar-refractivity contribution in [3.63, 3.8) is 0 Å². The number of hydrogen-bond acceptors (Lipinski definition) is 5. The van der Waals surface area contributed by atoms with E-state index in [2.05, 4.69) is 9.82 Å². The second-order valence-corrected chi connectivity index (χ2v) is 6.22. The van der Waals surface area contributed by atoms with Gasteiger partial charge in [-0.2, -0.15) is 5.10 Å². The highest BCUT2D eigenvalue weighted by Crippen LogP contribution is 2.28. The van der Waals surface area contributed by atoms with E-state index in [9.17, 15) is 8.42 Å². The van der Waals surface area contributed by atoms with Gasteiger partial charge >= 0.3 is 0 Å². The summed E-state index contributed by atoms with van der Waals surface area (Å²) >= 11 is 0. The highest BCUT2D eigenvalue weighted by atomic mass is 32.2. The largest absolute Gasteiger partial charge is 0.497 e. The zero-order valence-electron chi connectivity index (χ0n) is 12.7. The average Bonchev–Trinajstić information content (AvgIpc) is 2.99. The molecule has 1 aromatic heterocycles. The number of aromatic nitrogens is 2. The molecule has 0 spiro atoms. The van der Waals surface area contributed by atoms with Crippen molar-refractivity contribution >= 4 is 10.0 Å². The first-order valence-corrected chi connectivity index (χ1v) is 8.22.